The molecule has 2 N–H and O–H groups in total. The van der Waals surface area contributed by atoms with Crippen LogP contribution < -0.4 is 19.9 Å². The van der Waals surface area contributed by atoms with Gasteiger partial charge in [-0.2, -0.15) is 0 Å². The largest absolute Gasteiger partial charge is 0.496 e. The van der Waals surface area contributed by atoms with Crippen molar-refractivity contribution in [2.24, 2.45) is 0 Å². The molecule has 0 bridgehead atoms. The highest BCUT2D eigenvalue weighted by Crippen LogP contribution is 2.27. The van der Waals surface area contributed by atoms with Crippen molar-refractivity contribution < 1.29 is 19.4 Å². The number of carbonyl (C=O) groups is 2. The first kappa shape index (κ1) is 25.6. The van der Waals surface area contributed by atoms with Crippen molar-refractivity contribution in [2.75, 3.05) is 55.5 Å². The predicted molar refractivity (Wildman–Crippen MR) is 142 cm³/mol. The number of carboxylic acid groups (broad SMARTS) is 1. The summed E-state index contributed by atoms with van der Waals surface area (Å²) < 4.78 is 4.90. The van der Waals surface area contributed by atoms with Crippen LogP contribution in [0.15, 0.2) is 60.7 Å². The molecule has 3 aromatic rings. The van der Waals surface area contributed by atoms with E-state index in [0.717, 1.165) is 38.2 Å². The molecule has 3 aromatic carbocycles. The molecule has 0 radical (unpaired) electrons. The summed E-state index contributed by atoms with van der Waals surface area (Å²) in [5, 5.41) is 12.3. The summed E-state index contributed by atoms with van der Waals surface area (Å²) in [7, 11) is 3.28. The van der Waals surface area contributed by atoms with Crippen molar-refractivity contribution in [3.63, 3.8) is 0 Å². The Kier molecular flexibility index (Phi) is 8.73. The molecule has 1 aliphatic rings. The van der Waals surface area contributed by atoms with Crippen molar-refractivity contribution in [1.29, 1.82) is 0 Å². The van der Waals surface area contributed by atoms with E-state index in [1.807, 2.05) is 18.2 Å². The number of carboxylic acids is 1. The van der Waals surface area contributed by atoms with Crippen LogP contribution in [0.3, 0.4) is 0 Å². The van der Waals surface area contributed by atoms with Crippen molar-refractivity contribution >= 4 is 29.3 Å². The van der Waals surface area contributed by atoms with Gasteiger partial charge in [-0.25, -0.2) is 4.79 Å². The topological polar surface area (TPSA) is 82.1 Å². The van der Waals surface area contributed by atoms with Gasteiger partial charge in [0.2, 0.25) is 0 Å². The van der Waals surface area contributed by atoms with Gasteiger partial charge in [0.15, 0.2) is 6.29 Å². The molecule has 1 saturated heterocycles. The summed E-state index contributed by atoms with van der Waals surface area (Å²) in [6.45, 7) is 7.94. The number of rotatable bonds is 6. The van der Waals surface area contributed by atoms with Gasteiger partial charge in [-0.3, -0.25) is 4.79 Å². The van der Waals surface area contributed by atoms with Crippen LogP contribution in [0, 0.1) is 13.8 Å². The summed E-state index contributed by atoms with van der Waals surface area (Å²) >= 11 is 0. The number of aromatic carboxylic acids is 1. The Morgan fingerprint density at radius 1 is 0.971 bits per heavy atom. The quantitative estimate of drug-likeness (QED) is 0.492. The number of hydrogen-bond acceptors (Lipinski definition) is 6. The normalized spacial score (nSPS) is 12.9. The summed E-state index contributed by atoms with van der Waals surface area (Å²) in [6, 6.07) is 19.1. The van der Waals surface area contributed by atoms with Crippen molar-refractivity contribution in [2.45, 2.75) is 13.8 Å². The van der Waals surface area contributed by atoms with Crippen molar-refractivity contribution in [3.8, 4) is 5.75 Å². The molecule has 4 rings (SSSR count). The van der Waals surface area contributed by atoms with E-state index in [1.54, 1.807) is 38.4 Å². The number of nitrogens with one attached hydrogen (secondary N) is 1. The summed E-state index contributed by atoms with van der Waals surface area (Å²) in [6.07, 6.45) is 0.777. The van der Waals surface area contributed by atoms with Crippen LogP contribution in [-0.2, 0) is 0 Å². The average molecular weight is 476 g/mol. The molecule has 1 fully saturated rings. The molecule has 0 aliphatic carbocycles. The number of aryl methyl sites for hydroxylation is 1. The fourth-order valence-electron chi connectivity index (χ4n) is 4.17. The number of benzene rings is 3. The number of piperazine rings is 1. The lowest BCUT2D eigenvalue weighted by molar-refractivity contribution is 0.0697. The maximum Gasteiger partial charge on any atom is 0.337 e. The maximum atomic E-state index is 11.5. The third kappa shape index (κ3) is 6.12. The van der Waals surface area contributed by atoms with Crippen LogP contribution in [0.5, 0.6) is 5.75 Å². The first-order chi connectivity index (χ1) is 16.9. The Morgan fingerprint density at radius 3 is 2.26 bits per heavy atom. The highest BCUT2D eigenvalue weighted by molar-refractivity contribution is 5.95. The van der Waals surface area contributed by atoms with Crippen LogP contribution in [0.4, 0.5) is 17.1 Å². The fraction of sp³-hybridized carbons (Fsp3) is 0.286. The Labute approximate surface area is 206 Å². The molecule has 184 valence electrons. The molecule has 0 saturated carbocycles. The Bertz CT molecular complexity index is 1170. The summed E-state index contributed by atoms with van der Waals surface area (Å²) in [5.41, 5.74) is 6.47. The van der Waals surface area contributed by atoms with E-state index in [9.17, 15) is 14.7 Å². The average Bonchev–Trinajstić information content (AvgIpc) is 2.90. The first-order valence-corrected chi connectivity index (χ1v) is 11.6. The van der Waals surface area contributed by atoms with Gasteiger partial charge in [-0.05, 0) is 61.4 Å². The fourth-order valence-corrected chi connectivity index (χ4v) is 4.17. The predicted octanol–water partition coefficient (Wildman–Crippen LogP) is 4.88. The lowest BCUT2D eigenvalue weighted by Crippen LogP contribution is -2.46. The van der Waals surface area contributed by atoms with Crippen molar-refractivity contribution in [3.05, 3.63) is 82.9 Å². The monoisotopic (exact) mass is 475 g/mol. The van der Waals surface area contributed by atoms with Gasteiger partial charge in [0.05, 0.1) is 18.2 Å². The van der Waals surface area contributed by atoms with E-state index in [4.69, 9.17) is 4.74 Å². The molecular formula is C28H33N3O4. The SMILES string of the molecule is CNc1ccc(N2CCN(c3cccc(C)c3C)CC2)cc1C(=O)O.COc1ccccc1C=O. The number of hydrogen-bond donors (Lipinski definition) is 2. The van der Waals surface area contributed by atoms with E-state index in [2.05, 4.69) is 47.2 Å². The van der Waals surface area contributed by atoms with Crippen LogP contribution in [0.2, 0.25) is 0 Å². The maximum absolute atomic E-state index is 11.5. The second-order valence-electron chi connectivity index (χ2n) is 8.34. The van der Waals surface area contributed by atoms with Crippen LogP contribution in [-0.4, -0.2) is 57.7 Å². The zero-order valence-corrected chi connectivity index (χ0v) is 20.7. The van der Waals surface area contributed by atoms with E-state index >= 15 is 0 Å². The lowest BCUT2D eigenvalue weighted by Gasteiger charge is -2.38. The van der Waals surface area contributed by atoms with Gasteiger partial charge in [0.1, 0.15) is 5.75 Å². The number of para-hydroxylation sites is 1. The molecular weight excluding hydrogens is 442 g/mol. The molecule has 1 heterocycles. The second kappa shape index (κ2) is 11.9. The van der Waals surface area contributed by atoms with Gasteiger partial charge in [-0.15, -0.1) is 0 Å². The molecule has 0 spiro atoms. The van der Waals surface area contributed by atoms with E-state index in [-0.39, 0.29) is 0 Å². The Balaban J connectivity index is 0.000000287. The molecule has 0 aromatic heterocycles. The van der Waals surface area contributed by atoms with Gasteiger partial charge in [0.25, 0.3) is 0 Å². The number of methoxy groups -OCH3 is 1. The number of nitrogens with zero attached hydrogens (tertiary/aromatic N) is 2. The molecule has 7 heteroatoms. The van der Waals surface area contributed by atoms with Crippen molar-refractivity contribution in [1.82, 2.24) is 0 Å². The van der Waals surface area contributed by atoms with E-state index in [0.29, 0.717) is 22.6 Å². The van der Waals surface area contributed by atoms with E-state index < -0.39 is 5.97 Å². The zero-order chi connectivity index (χ0) is 25.4. The van der Waals surface area contributed by atoms with Gasteiger partial charge in [0, 0.05) is 50.3 Å². The molecule has 1 aliphatic heterocycles. The highest BCUT2D eigenvalue weighted by atomic mass is 16.5. The third-order valence-electron chi connectivity index (χ3n) is 6.33. The molecule has 0 amide bonds. The minimum atomic E-state index is -0.903. The third-order valence-corrected chi connectivity index (χ3v) is 6.33. The highest BCUT2D eigenvalue weighted by Gasteiger charge is 2.20. The van der Waals surface area contributed by atoms with Crippen LogP contribution in [0.1, 0.15) is 31.8 Å². The molecule has 0 unspecified atom stereocenters. The number of ether oxygens (including phenoxy) is 1. The number of aldehydes is 1. The van der Waals surface area contributed by atoms with Crippen LogP contribution in [0.25, 0.3) is 0 Å². The van der Waals surface area contributed by atoms with Crippen LogP contribution >= 0.6 is 0 Å². The molecule has 35 heavy (non-hydrogen) atoms. The Hall–Kier alpha value is -4.00. The minimum absolute atomic E-state index is 0.317. The minimum Gasteiger partial charge on any atom is -0.496 e. The lowest BCUT2D eigenvalue weighted by atomic mass is 10.1. The van der Waals surface area contributed by atoms with Gasteiger partial charge < -0.3 is 25.0 Å². The van der Waals surface area contributed by atoms with Gasteiger partial charge in [-0.1, -0.05) is 24.3 Å². The van der Waals surface area contributed by atoms with Gasteiger partial charge >= 0.3 is 5.97 Å². The number of anilines is 3. The Morgan fingerprint density at radius 2 is 1.66 bits per heavy atom. The smallest absolute Gasteiger partial charge is 0.337 e. The molecule has 0 atom stereocenters. The first-order valence-electron chi connectivity index (χ1n) is 11.6. The summed E-state index contributed by atoms with van der Waals surface area (Å²) in [5.74, 6) is -0.280. The van der Waals surface area contributed by atoms with E-state index in [1.165, 1.54) is 16.8 Å². The molecule has 7 nitrogen and oxygen atoms in total. The zero-order valence-electron chi connectivity index (χ0n) is 20.7. The number of carbonyl (C=O) groups excluding carboxylic acids is 1. The second-order valence-corrected chi connectivity index (χ2v) is 8.34. The standard InChI is InChI=1S/C20H25N3O2.C8H8O2/c1-14-5-4-6-19(15(14)2)23-11-9-22(10-12-23)16-7-8-18(21-3)17(13-16)20(24)25;1-10-8-5-3-2-4-7(8)6-9/h4-8,13,21H,9-12H2,1-3H3,(H,24,25);2-6H,1H3. The summed E-state index contributed by atoms with van der Waals surface area (Å²) in [4.78, 5) is 26.4.